The summed E-state index contributed by atoms with van der Waals surface area (Å²) in [6.45, 7) is 0. The maximum Gasteiger partial charge on any atom is 0.345 e. The van der Waals surface area contributed by atoms with Crippen molar-refractivity contribution in [2.24, 2.45) is 5.73 Å². The van der Waals surface area contributed by atoms with E-state index >= 15 is 0 Å². The third kappa shape index (κ3) is 2.10. The van der Waals surface area contributed by atoms with E-state index in [1.54, 1.807) is 0 Å². The minimum atomic E-state index is -0.525. The first kappa shape index (κ1) is 8.81. The van der Waals surface area contributed by atoms with E-state index in [4.69, 9.17) is 5.73 Å². The number of thiocarbonyl (C=S) groups is 1. The Morgan fingerprint density at radius 2 is 2.58 bits per heavy atom. The fraction of sp³-hybridized carbons (Fsp3) is 0. The molecule has 3 N–H and O–H groups in total. The highest BCUT2D eigenvalue weighted by Gasteiger charge is 2.10. The summed E-state index contributed by atoms with van der Waals surface area (Å²) < 4.78 is 0. The van der Waals surface area contributed by atoms with E-state index in [1.165, 1.54) is 0 Å². The fourth-order valence-electron chi connectivity index (χ4n) is 0.513. The molecular weight excluding hydrogens is 200 g/mol. The standard InChI is InChI=1S/C4H4N4O2S2/c5-3(11)7-4-6-1-2(12-4)8(9)10/h1H,(H3,5,6,7,11). The lowest BCUT2D eigenvalue weighted by molar-refractivity contribution is -0.380. The summed E-state index contributed by atoms with van der Waals surface area (Å²) in [6, 6.07) is 0. The average molecular weight is 204 g/mol. The molecule has 64 valence electrons. The number of nitrogens with zero attached hydrogens (tertiary/aromatic N) is 2. The number of nitro groups is 1. The van der Waals surface area contributed by atoms with Crippen molar-refractivity contribution in [3.63, 3.8) is 0 Å². The van der Waals surface area contributed by atoms with Gasteiger partial charge in [0.2, 0.25) is 0 Å². The van der Waals surface area contributed by atoms with E-state index in [1.807, 2.05) is 0 Å². The number of hydrogen-bond acceptors (Lipinski definition) is 5. The Labute approximate surface area is 76.6 Å². The summed E-state index contributed by atoms with van der Waals surface area (Å²) in [7, 11) is 0. The van der Waals surface area contributed by atoms with Crippen molar-refractivity contribution >= 4 is 38.8 Å². The van der Waals surface area contributed by atoms with Crippen molar-refractivity contribution in [3.05, 3.63) is 16.3 Å². The van der Waals surface area contributed by atoms with Crippen LogP contribution in [0, 0.1) is 10.1 Å². The molecule has 8 heteroatoms. The third-order valence-corrected chi connectivity index (χ3v) is 1.87. The Morgan fingerprint density at radius 3 is 3.00 bits per heavy atom. The molecule has 0 saturated carbocycles. The van der Waals surface area contributed by atoms with E-state index in [2.05, 4.69) is 22.5 Å². The largest absolute Gasteiger partial charge is 0.376 e. The molecule has 1 aromatic rings. The summed E-state index contributed by atoms with van der Waals surface area (Å²) in [5, 5.41) is 13.0. The van der Waals surface area contributed by atoms with Crippen LogP contribution in [0.2, 0.25) is 0 Å². The van der Waals surface area contributed by atoms with Gasteiger partial charge in [-0.2, -0.15) is 0 Å². The van der Waals surface area contributed by atoms with Gasteiger partial charge < -0.3 is 11.1 Å². The second-order valence-corrected chi connectivity index (χ2v) is 3.20. The van der Waals surface area contributed by atoms with Crippen LogP contribution >= 0.6 is 23.6 Å². The summed E-state index contributed by atoms with van der Waals surface area (Å²) >= 11 is 5.40. The van der Waals surface area contributed by atoms with Crippen LogP contribution in [0.15, 0.2) is 6.20 Å². The summed E-state index contributed by atoms with van der Waals surface area (Å²) in [5.41, 5.74) is 5.13. The molecule has 0 amide bonds. The highest BCUT2D eigenvalue weighted by molar-refractivity contribution is 7.80. The maximum atomic E-state index is 10.2. The van der Waals surface area contributed by atoms with Crippen LogP contribution in [0.5, 0.6) is 0 Å². The Morgan fingerprint density at radius 1 is 1.92 bits per heavy atom. The molecule has 6 nitrogen and oxygen atoms in total. The van der Waals surface area contributed by atoms with Crippen molar-refractivity contribution in [1.82, 2.24) is 4.98 Å². The SMILES string of the molecule is NC(=S)Nc1ncc([N+](=O)[O-])s1. The second-order valence-electron chi connectivity index (χ2n) is 1.75. The van der Waals surface area contributed by atoms with E-state index in [-0.39, 0.29) is 10.1 Å². The van der Waals surface area contributed by atoms with Crippen LogP contribution in [-0.2, 0) is 0 Å². The number of thiazole rings is 1. The van der Waals surface area contributed by atoms with Crippen LogP contribution in [0.3, 0.4) is 0 Å². The fourth-order valence-corrected chi connectivity index (χ4v) is 1.32. The smallest absolute Gasteiger partial charge is 0.345 e. The van der Waals surface area contributed by atoms with E-state index in [0.29, 0.717) is 5.13 Å². The molecule has 0 unspecified atom stereocenters. The quantitative estimate of drug-likeness (QED) is 0.418. The molecule has 0 aliphatic rings. The lowest BCUT2D eigenvalue weighted by atomic mass is 10.9. The Hall–Kier alpha value is -1.28. The third-order valence-electron chi connectivity index (χ3n) is 0.904. The van der Waals surface area contributed by atoms with Crippen LogP contribution in [-0.4, -0.2) is 15.0 Å². The zero-order valence-electron chi connectivity index (χ0n) is 5.68. The Kier molecular flexibility index (Phi) is 2.51. The molecule has 1 rings (SSSR count). The number of anilines is 1. The summed E-state index contributed by atoms with van der Waals surface area (Å²) in [5.74, 6) is 0. The zero-order chi connectivity index (χ0) is 9.14. The number of rotatable bonds is 2. The van der Waals surface area contributed by atoms with Crippen LogP contribution in [0.1, 0.15) is 0 Å². The number of aromatic nitrogens is 1. The Balaban J connectivity index is 2.77. The topological polar surface area (TPSA) is 94.1 Å². The number of nitrogens with one attached hydrogen (secondary N) is 1. The molecule has 0 bridgehead atoms. The molecule has 0 spiro atoms. The minimum absolute atomic E-state index is 0.0410. The van der Waals surface area contributed by atoms with Crippen molar-refractivity contribution < 1.29 is 4.92 Å². The molecule has 0 atom stereocenters. The van der Waals surface area contributed by atoms with Crippen molar-refractivity contribution in [1.29, 1.82) is 0 Å². The second kappa shape index (κ2) is 3.41. The van der Waals surface area contributed by atoms with Gasteiger partial charge in [0.05, 0.1) is 4.92 Å². The first-order valence-electron chi connectivity index (χ1n) is 2.76. The van der Waals surface area contributed by atoms with Gasteiger partial charge in [-0.3, -0.25) is 10.1 Å². The van der Waals surface area contributed by atoms with E-state index in [9.17, 15) is 10.1 Å². The number of nitrogens with two attached hydrogens (primary N) is 1. The maximum absolute atomic E-state index is 10.2. The Bertz CT molecular complexity index is 323. The monoisotopic (exact) mass is 204 g/mol. The molecule has 0 aliphatic heterocycles. The van der Waals surface area contributed by atoms with Gasteiger partial charge in [0.15, 0.2) is 10.2 Å². The summed E-state index contributed by atoms with van der Waals surface area (Å²) in [6.07, 6.45) is 1.14. The van der Waals surface area contributed by atoms with Crippen molar-refractivity contribution in [3.8, 4) is 0 Å². The predicted octanol–water partition coefficient (Wildman–Crippen LogP) is 0.707. The average Bonchev–Trinajstić information content (AvgIpc) is 2.34. The highest BCUT2D eigenvalue weighted by Crippen LogP contribution is 2.24. The molecule has 0 saturated heterocycles. The predicted molar refractivity (Wildman–Crippen MR) is 49.2 cm³/mol. The first-order chi connectivity index (χ1) is 5.59. The first-order valence-corrected chi connectivity index (χ1v) is 3.99. The lowest BCUT2D eigenvalue weighted by Gasteiger charge is -1.93. The molecule has 0 aromatic carbocycles. The van der Waals surface area contributed by atoms with Gasteiger partial charge in [-0.1, -0.05) is 0 Å². The van der Waals surface area contributed by atoms with Crippen molar-refractivity contribution in [2.45, 2.75) is 0 Å². The van der Waals surface area contributed by atoms with Crippen LogP contribution in [0.4, 0.5) is 10.1 Å². The molecular formula is C4H4N4O2S2. The molecule has 12 heavy (non-hydrogen) atoms. The molecule has 0 aliphatic carbocycles. The van der Waals surface area contributed by atoms with Gasteiger partial charge in [0, 0.05) is 0 Å². The highest BCUT2D eigenvalue weighted by atomic mass is 32.1. The van der Waals surface area contributed by atoms with Gasteiger partial charge in [-0.05, 0) is 23.6 Å². The zero-order valence-corrected chi connectivity index (χ0v) is 7.32. The van der Waals surface area contributed by atoms with Gasteiger partial charge in [-0.25, -0.2) is 4.98 Å². The van der Waals surface area contributed by atoms with Gasteiger partial charge in [-0.15, -0.1) is 0 Å². The molecule has 1 heterocycles. The van der Waals surface area contributed by atoms with E-state index in [0.717, 1.165) is 17.5 Å². The summed E-state index contributed by atoms with van der Waals surface area (Å²) in [4.78, 5) is 13.3. The van der Waals surface area contributed by atoms with Gasteiger partial charge in [0.25, 0.3) is 0 Å². The van der Waals surface area contributed by atoms with E-state index < -0.39 is 4.92 Å². The molecule has 0 fully saturated rings. The normalized spacial score (nSPS) is 9.33. The van der Waals surface area contributed by atoms with Gasteiger partial charge in [0.1, 0.15) is 6.20 Å². The number of hydrogen-bond donors (Lipinski definition) is 2. The lowest BCUT2D eigenvalue weighted by Crippen LogP contribution is -2.18. The van der Waals surface area contributed by atoms with Gasteiger partial charge >= 0.3 is 5.00 Å². The molecule has 1 aromatic heterocycles. The van der Waals surface area contributed by atoms with Crippen molar-refractivity contribution in [2.75, 3.05) is 5.32 Å². The molecule has 0 radical (unpaired) electrons. The van der Waals surface area contributed by atoms with Crippen LogP contribution in [0.25, 0.3) is 0 Å². The van der Waals surface area contributed by atoms with Crippen LogP contribution < -0.4 is 11.1 Å². The minimum Gasteiger partial charge on any atom is -0.376 e.